The maximum absolute atomic E-state index is 12.4. The molecule has 0 nitrogen and oxygen atoms in total. The van der Waals surface area contributed by atoms with E-state index in [0.717, 1.165) is 10.8 Å². The number of benzene rings is 1. The van der Waals surface area contributed by atoms with Crippen LogP contribution < -0.4 is 0 Å². The summed E-state index contributed by atoms with van der Waals surface area (Å²) >= 11 is 0. The zero-order chi connectivity index (χ0) is 10.6. The lowest BCUT2D eigenvalue weighted by atomic mass is 10.4. The quantitative estimate of drug-likeness (QED) is 0.577. The molecule has 0 aromatic heterocycles. The van der Waals surface area contributed by atoms with E-state index in [2.05, 4.69) is 0 Å². The highest BCUT2D eigenvalue weighted by atomic mass is 33.1. The largest absolute Gasteiger partial charge is 0.398 e. The second kappa shape index (κ2) is 4.93. The van der Waals surface area contributed by atoms with Gasteiger partial charge in [-0.15, -0.1) is 0 Å². The summed E-state index contributed by atoms with van der Waals surface area (Å²) in [5, 5.41) is 0. The van der Waals surface area contributed by atoms with E-state index < -0.39 is 17.7 Å². The Morgan fingerprint density at radius 3 is 2.14 bits per heavy atom. The van der Waals surface area contributed by atoms with Crippen molar-refractivity contribution in [3.05, 3.63) is 30.1 Å². The molecule has 1 aromatic carbocycles. The minimum atomic E-state index is -4.16. The van der Waals surface area contributed by atoms with E-state index in [1.807, 2.05) is 0 Å². The Kier molecular flexibility index (Phi) is 4.12. The molecule has 0 radical (unpaired) electrons. The first-order valence-corrected chi connectivity index (χ1v) is 5.91. The smallest absolute Gasteiger partial charge is 0.207 e. The Hall–Kier alpha value is -0.360. The van der Waals surface area contributed by atoms with Crippen LogP contribution in [0.1, 0.15) is 0 Å². The molecule has 0 heterocycles. The summed E-state index contributed by atoms with van der Waals surface area (Å²) in [6.07, 6.45) is -4.16. The van der Waals surface area contributed by atoms with E-state index >= 15 is 0 Å². The Labute approximate surface area is 86.5 Å². The third-order valence-corrected chi connectivity index (χ3v) is 3.50. The van der Waals surface area contributed by atoms with E-state index in [1.165, 1.54) is 24.3 Å². The third kappa shape index (κ3) is 4.76. The van der Waals surface area contributed by atoms with Gasteiger partial charge in [0.1, 0.15) is 11.6 Å². The molecule has 0 unspecified atom stereocenters. The maximum atomic E-state index is 12.4. The van der Waals surface area contributed by atoms with Crippen molar-refractivity contribution in [1.82, 2.24) is 0 Å². The summed E-state index contributed by atoms with van der Waals surface area (Å²) in [6.45, 7) is 0. The molecule has 1 aromatic rings. The predicted molar refractivity (Wildman–Crippen MR) is 50.8 cm³/mol. The van der Waals surface area contributed by atoms with Gasteiger partial charge in [0.05, 0.1) is 0 Å². The zero-order valence-corrected chi connectivity index (χ0v) is 8.48. The Balaban J connectivity index is 2.35. The van der Waals surface area contributed by atoms with Gasteiger partial charge in [0.2, 0.25) is 0 Å². The average Bonchev–Trinajstić information content (AvgIpc) is 2.06. The average molecular weight is 242 g/mol. The summed E-state index contributed by atoms with van der Waals surface area (Å²) in [6, 6.07) is 5.33. The second-order valence-electron chi connectivity index (χ2n) is 2.41. The third-order valence-electron chi connectivity index (χ3n) is 1.19. The van der Waals surface area contributed by atoms with Gasteiger partial charge in [0.15, 0.2) is 0 Å². The number of hydrogen-bond donors (Lipinski definition) is 0. The van der Waals surface area contributed by atoms with Crippen molar-refractivity contribution in [3.8, 4) is 0 Å². The van der Waals surface area contributed by atoms with Crippen LogP contribution in [-0.4, -0.2) is 11.9 Å². The summed E-state index contributed by atoms with van der Waals surface area (Å²) in [5.41, 5.74) is 0. The predicted octanol–water partition coefficient (Wildman–Crippen LogP) is 4.13. The molecule has 0 aliphatic carbocycles. The van der Waals surface area contributed by atoms with Crippen molar-refractivity contribution >= 4 is 21.6 Å². The molecule has 0 saturated carbocycles. The van der Waals surface area contributed by atoms with Crippen LogP contribution in [0.4, 0.5) is 17.6 Å². The van der Waals surface area contributed by atoms with Crippen LogP contribution in [0.15, 0.2) is 29.2 Å². The highest BCUT2D eigenvalue weighted by Gasteiger charge is 2.27. The molecule has 0 spiro atoms. The topological polar surface area (TPSA) is 0 Å². The van der Waals surface area contributed by atoms with Gasteiger partial charge in [-0.05, 0) is 24.3 Å². The first-order chi connectivity index (χ1) is 6.47. The lowest BCUT2D eigenvalue weighted by Gasteiger charge is -2.04. The molecule has 0 atom stereocenters. The fourth-order valence-corrected chi connectivity index (χ4v) is 2.55. The van der Waals surface area contributed by atoms with Crippen molar-refractivity contribution in [3.63, 3.8) is 0 Å². The van der Waals surface area contributed by atoms with Gasteiger partial charge in [0.25, 0.3) is 0 Å². The summed E-state index contributed by atoms with van der Waals surface area (Å²) in [4.78, 5) is 0.612. The number of rotatable bonds is 3. The van der Waals surface area contributed by atoms with Crippen LogP contribution in [0.25, 0.3) is 0 Å². The van der Waals surface area contributed by atoms with Crippen LogP contribution in [0.3, 0.4) is 0 Å². The summed E-state index contributed by atoms with van der Waals surface area (Å²) < 4.78 is 47.6. The van der Waals surface area contributed by atoms with E-state index in [0.29, 0.717) is 15.7 Å². The molecule has 0 aliphatic heterocycles. The van der Waals surface area contributed by atoms with Crippen molar-refractivity contribution in [1.29, 1.82) is 0 Å². The minimum Gasteiger partial charge on any atom is -0.207 e. The molecule has 0 N–H and O–H groups in total. The van der Waals surface area contributed by atoms with Crippen LogP contribution in [0.5, 0.6) is 0 Å². The molecular formula is C8H6F4S2. The maximum Gasteiger partial charge on any atom is 0.398 e. The highest BCUT2D eigenvalue weighted by molar-refractivity contribution is 8.76. The second-order valence-corrected chi connectivity index (χ2v) is 4.78. The van der Waals surface area contributed by atoms with Gasteiger partial charge >= 0.3 is 6.18 Å². The monoisotopic (exact) mass is 242 g/mol. The van der Waals surface area contributed by atoms with Crippen LogP contribution in [0.2, 0.25) is 0 Å². The molecular weight excluding hydrogens is 236 g/mol. The normalized spacial score (nSPS) is 11.7. The van der Waals surface area contributed by atoms with Crippen molar-refractivity contribution in [2.24, 2.45) is 0 Å². The van der Waals surface area contributed by atoms with Crippen LogP contribution in [-0.2, 0) is 0 Å². The van der Waals surface area contributed by atoms with Gasteiger partial charge < -0.3 is 0 Å². The first kappa shape index (κ1) is 11.7. The Morgan fingerprint density at radius 1 is 1.07 bits per heavy atom. The van der Waals surface area contributed by atoms with Gasteiger partial charge in [-0.25, -0.2) is 4.39 Å². The van der Waals surface area contributed by atoms with Crippen molar-refractivity contribution in [2.45, 2.75) is 11.1 Å². The first-order valence-electron chi connectivity index (χ1n) is 3.59. The lowest BCUT2D eigenvalue weighted by Crippen LogP contribution is -2.09. The van der Waals surface area contributed by atoms with Gasteiger partial charge in [-0.3, -0.25) is 0 Å². The number of alkyl halides is 3. The molecule has 78 valence electrons. The van der Waals surface area contributed by atoms with Crippen LogP contribution >= 0.6 is 21.6 Å². The van der Waals surface area contributed by atoms with Gasteiger partial charge in [-0.1, -0.05) is 21.6 Å². The lowest BCUT2D eigenvalue weighted by molar-refractivity contribution is -0.104. The highest BCUT2D eigenvalue weighted by Crippen LogP contribution is 2.35. The molecule has 0 aliphatic rings. The van der Waals surface area contributed by atoms with E-state index in [9.17, 15) is 17.6 Å². The SMILES string of the molecule is Fc1ccc(SSCC(F)(F)F)cc1. The Bertz CT molecular complexity index is 280. The molecule has 14 heavy (non-hydrogen) atoms. The fourth-order valence-electron chi connectivity index (χ4n) is 0.654. The van der Waals surface area contributed by atoms with E-state index in [-0.39, 0.29) is 0 Å². The fraction of sp³-hybridized carbons (Fsp3) is 0.250. The zero-order valence-electron chi connectivity index (χ0n) is 6.84. The molecule has 0 bridgehead atoms. The van der Waals surface area contributed by atoms with Crippen molar-refractivity contribution < 1.29 is 17.6 Å². The van der Waals surface area contributed by atoms with E-state index in [4.69, 9.17) is 0 Å². The van der Waals surface area contributed by atoms with E-state index in [1.54, 1.807) is 0 Å². The number of halogens is 4. The molecule has 1 rings (SSSR count). The van der Waals surface area contributed by atoms with Gasteiger partial charge in [-0.2, -0.15) is 13.2 Å². The minimum absolute atomic E-state index is 0.393. The van der Waals surface area contributed by atoms with Crippen molar-refractivity contribution in [2.75, 3.05) is 5.75 Å². The molecule has 0 saturated heterocycles. The molecule has 0 fully saturated rings. The summed E-state index contributed by atoms with van der Waals surface area (Å²) in [5.74, 6) is -1.30. The van der Waals surface area contributed by atoms with Crippen LogP contribution in [0, 0.1) is 5.82 Å². The molecule has 6 heteroatoms. The molecule has 0 amide bonds. The standard InChI is InChI=1S/C8H6F4S2/c9-6-1-3-7(4-2-6)14-13-5-8(10,11)12/h1-4H,5H2. The van der Waals surface area contributed by atoms with Gasteiger partial charge in [0, 0.05) is 4.90 Å². The number of hydrogen-bond acceptors (Lipinski definition) is 2. The Morgan fingerprint density at radius 2 is 1.64 bits per heavy atom. The summed E-state index contributed by atoms with van der Waals surface area (Å²) in [7, 11) is 1.67.